The van der Waals surface area contributed by atoms with Crippen LogP contribution in [0.2, 0.25) is 0 Å². The highest BCUT2D eigenvalue weighted by Crippen LogP contribution is 2.31. The monoisotopic (exact) mass is 383 g/mol. The number of benzene rings is 1. The van der Waals surface area contributed by atoms with Crippen LogP contribution in [0.1, 0.15) is 39.3 Å². The van der Waals surface area contributed by atoms with E-state index in [1.165, 1.54) is 0 Å². The van der Waals surface area contributed by atoms with Gasteiger partial charge in [-0.05, 0) is 18.6 Å². The van der Waals surface area contributed by atoms with Crippen molar-refractivity contribution in [2.45, 2.75) is 19.0 Å². The quantitative estimate of drug-likeness (QED) is 0.805. The van der Waals surface area contributed by atoms with E-state index in [2.05, 4.69) is 10.3 Å². The van der Waals surface area contributed by atoms with Crippen molar-refractivity contribution < 1.29 is 27.6 Å². The average molecular weight is 383 g/mol. The molecule has 0 saturated heterocycles. The summed E-state index contributed by atoms with van der Waals surface area (Å²) in [7, 11) is 0. The Kier molecular flexibility index (Phi) is 4.77. The van der Waals surface area contributed by atoms with Crippen molar-refractivity contribution in [1.29, 1.82) is 0 Å². The van der Waals surface area contributed by atoms with E-state index in [0.29, 0.717) is 22.5 Å². The van der Waals surface area contributed by atoms with Crippen LogP contribution in [0.25, 0.3) is 0 Å². The molecule has 26 heavy (non-hydrogen) atoms. The molecule has 0 spiro atoms. The maximum absolute atomic E-state index is 12.5. The molecule has 2 heterocycles. The maximum atomic E-state index is 12.5. The Morgan fingerprint density at radius 3 is 2.31 bits per heavy atom. The number of hydrogen-bond acceptors (Lipinski definition) is 5. The molecule has 1 aromatic carbocycles. The van der Waals surface area contributed by atoms with Gasteiger partial charge in [-0.1, -0.05) is 12.1 Å². The number of nitrogens with one attached hydrogen (secondary N) is 1. The van der Waals surface area contributed by atoms with Crippen LogP contribution < -0.4 is 5.32 Å². The molecular formula is C16H12F3N3O3S. The molecule has 1 aliphatic heterocycles. The Morgan fingerprint density at radius 2 is 1.77 bits per heavy atom. The predicted molar refractivity (Wildman–Crippen MR) is 86.8 cm³/mol. The number of hydrogen-bond donors (Lipinski definition) is 1. The molecule has 1 N–H and O–H groups in total. The van der Waals surface area contributed by atoms with Crippen molar-refractivity contribution >= 4 is 34.2 Å². The number of halogens is 3. The number of alkyl halides is 3. The summed E-state index contributed by atoms with van der Waals surface area (Å²) >= 11 is 0.674. The van der Waals surface area contributed by atoms with Gasteiger partial charge in [0, 0.05) is 18.3 Å². The zero-order valence-electron chi connectivity index (χ0n) is 13.2. The Balaban J connectivity index is 1.51. The van der Waals surface area contributed by atoms with Crippen LogP contribution in [0.5, 0.6) is 0 Å². The highest BCUT2D eigenvalue weighted by atomic mass is 32.1. The molecule has 6 nitrogen and oxygen atoms in total. The molecular weight excluding hydrogens is 371 g/mol. The van der Waals surface area contributed by atoms with Gasteiger partial charge in [0.2, 0.25) is 5.91 Å². The summed E-state index contributed by atoms with van der Waals surface area (Å²) in [5.41, 5.74) is -0.419. The number of anilines is 1. The van der Waals surface area contributed by atoms with E-state index in [0.717, 1.165) is 10.3 Å². The average Bonchev–Trinajstić information content (AvgIpc) is 3.14. The lowest BCUT2D eigenvalue weighted by molar-refractivity contribution is -0.140. The summed E-state index contributed by atoms with van der Waals surface area (Å²) in [4.78, 5) is 40.5. The molecule has 0 radical (unpaired) electrons. The normalized spacial score (nSPS) is 13.9. The third-order valence-electron chi connectivity index (χ3n) is 3.70. The highest BCUT2D eigenvalue weighted by molar-refractivity contribution is 7.13. The molecule has 0 atom stereocenters. The zero-order chi connectivity index (χ0) is 18.9. The van der Waals surface area contributed by atoms with E-state index in [-0.39, 0.29) is 24.5 Å². The minimum atomic E-state index is -4.56. The molecule has 10 heteroatoms. The van der Waals surface area contributed by atoms with Crippen LogP contribution in [0.3, 0.4) is 0 Å². The van der Waals surface area contributed by atoms with Crippen LogP contribution in [0.4, 0.5) is 18.3 Å². The molecule has 0 aliphatic carbocycles. The number of carbonyl (C=O) groups excluding carboxylic acids is 3. The third kappa shape index (κ3) is 3.59. The standard InChI is InChI=1S/C16H12F3N3O3S/c17-16(18,19)11-8-26-15(20-11)21-12(23)6-3-7-22-13(24)9-4-1-2-5-10(9)14(22)25/h1-2,4-5,8H,3,6-7H2,(H,20,21,23). The lowest BCUT2D eigenvalue weighted by Gasteiger charge is -2.13. The first-order chi connectivity index (χ1) is 12.3. The minimum Gasteiger partial charge on any atom is -0.302 e. The van der Waals surface area contributed by atoms with E-state index in [1.807, 2.05) is 0 Å². The molecule has 1 aliphatic rings. The highest BCUT2D eigenvalue weighted by Gasteiger charge is 2.35. The van der Waals surface area contributed by atoms with Crippen molar-refractivity contribution in [2.24, 2.45) is 0 Å². The van der Waals surface area contributed by atoms with E-state index < -0.39 is 29.6 Å². The van der Waals surface area contributed by atoms with Crippen molar-refractivity contribution in [3.05, 3.63) is 46.5 Å². The lowest BCUT2D eigenvalue weighted by atomic mass is 10.1. The number of thiazole rings is 1. The number of aromatic nitrogens is 1. The second kappa shape index (κ2) is 6.87. The SMILES string of the molecule is O=C(CCCN1C(=O)c2ccccc2C1=O)Nc1nc(C(F)(F)F)cs1. The van der Waals surface area contributed by atoms with E-state index in [4.69, 9.17) is 0 Å². The third-order valence-corrected chi connectivity index (χ3v) is 4.46. The van der Waals surface area contributed by atoms with Crippen molar-refractivity contribution in [3.63, 3.8) is 0 Å². The van der Waals surface area contributed by atoms with Crippen LogP contribution >= 0.6 is 11.3 Å². The Labute approximate surface area is 149 Å². The number of fused-ring (bicyclic) bond motifs is 1. The molecule has 3 amide bonds. The summed E-state index contributed by atoms with van der Waals surface area (Å²) in [6.45, 7) is 0.0471. The minimum absolute atomic E-state index is 0.0471. The van der Waals surface area contributed by atoms with Gasteiger partial charge in [-0.15, -0.1) is 11.3 Å². The summed E-state index contributed by atoms with van der Waals surface area (Å²) in [5, 5.41) is 2.94. The summed E-state index contributed by atoms with van der Waals surface area (Å²) in [5.74, 6) is -1.37. The Bertz CT molecular complexity index is 844. The number of amides is 3. The zero-order valence-corrected chi connectivity index (χ0v) is 14.0. The summed E-state index contributed by atoms with van der Waals surface area (Å²) in [6.07, 6.45) is -4.44. The molecule has 2 aromatic rings. The molecule has 0 saturated carbocycles. The van der Waals surface area contributed by atoms with Crippen LogP contribution in [-0.2, 0) is 11.0 Å². The second-order valence-corrected chi connectivity index (χ2v) is 6.35. The van der Waals surface area contributed by atoms with Gasteiger partial charge < -0.3 is 5.32 Å². The van der Waals surface area contributed by atoms with Gasteiger partial charge in [0.05, 0.1) is 11.1 Å². The predicted octanol–water partition coefficient (Wildman–Crippen LogP) is 3.18. The van der Waals surface area contributed by atoms with Crippen LogP contribution in [0, 0.1) is 0 Å². The van der Waals surface area contributed by atoms with Crippen molar-refractivity contribution in [2.75, 3.05) is 11.9 Å². The van der Waals surface area contributed by atoms with E-state index in [1.54, 1.807) is 24.3 Å². The molecule has 136 valence electrons. The molecule has 0 unspecified atom stereocenters. The molecule has 3 rings (SSSR count). The number of rotatable bonds is 5. The van der Waals surface area contributed by atoms with Crippen LogP contribution in [-0.4, -0.2) is 34.2 Å². The lowest BCUT2D eigenvalue weighted by Crippen LogP contribution is -2.31. The first-order valence-corrected chi connectivity index (χ1v) is 8.43. The van der Waals surface area contributed by atoms with Crippen molar-refractivity contribution in [3.8, 4) is 0 Å². The van der Waals surface area contributed by atoms with Gasteiger partial charge in [0.25, 0.3) is 11.8 Å². The second-order valence-electron chi connectivity index (χ2n) is 5.49. The fourth-order valence-corrected chi connectivity index (χ4v) is 3.22. The summed E-state index contributed by atoms with van der Waals surface area (Å²) < 4.78 is 37.4. The molecule has 0 bridgehead atoms. The van der Waals surface area contributed by atoms with Gasteiger partial charge in [0.15, 0.2) is 10.8 Å². The number of carbonyl (C=O) groups is 3. The Morgan fingerprint density at radius 1 is 1.15 bits per heavy atom. The van der Waals surface area contributed by atoms with Gasteiger partial charge in [-0.25, -0.2) is 4.98 Å². The van der Waals surface area contributed by atoms with Gasteiger partial charge in [-0.2, -0.15) is 13.2 Å². The van der Waals surface area contributed by atoms with Crippen LogP contribution in [0.15, 0.2) is 29.6 Å². The first kappa shape index (κ1) is 18.1. The summed E-state index contributed by atoms with van der Waals surface area (Å²) in [6, 6.07) is 6.43. The van der Waals surface area contributed by atoms with Crippen molar-refractivity contribution in [1.82, 2.24) is 9.88 Å². The Hall–Kier alpha value is -2.75. The topological polar surface area (TPSA) is 79.4 Å². The smallest absolute Gasteiger partial charge is 0.302 e. The van der Waals surface area contributed by atoms with Gasteiger partial charge in [-0.3, -0.25) is 19.3 Å². The first-order valence-electron chi connectivity index (χ1n) is 7.55. The largest absolute Gasteiger partial charge is 0.434 e. The maximum Gasteiger partial charge on any atom is 0.434 e. The van der Waals surface area contributed by atoms with E-state index >= 15 is 0 Å². The van der Waals surface area contributed by atoms with Gasteiger partial charge in [0.1, 0.15) is 0 Å². The molecule has 1 aromatic heterocycles. The number of nitrogens with zero attached hydrogens (tertiary/aromatic N) is 2. The molecule has 0 fully saturated rings. The number of imide groups is 1. The fraction of sp³-hybridized carbons (Fsp3) is 0.250. The fourth-order valence-electron chi connectivity index (χ4n) is 2.48. The van der Waals surface area contributed by atoms with E-state index in [9.17, 15) is 27.6 Å². The van der Waals surface area contributed by atoms with Gasteiger partial charge >= 0.3 is 6.18 Å².